The first-order valence-electron chi connectivity index (χ1n) is 6.29. The van der Waals surface area contributed by atoms with Crippen molar-refractivity contribution in [3.8, 4) is 0 Å². The lowest BCUT2D eigenvalue weighted by molar-refractivity contribution is 0.0998. The summed E-state index contributed by atoms with van der Waals surface area (Å²) in [7, 11) is 0. The minimum Gasteiger partial charge on any atom is -0.451 e. The van der Waals surface area contributed by atoms with Gasteiger partial charge in [0.1, 0.15) is 5.58 Å². The number of carbonyl (C=O) groups is 1. The van der Waals surface area contributed by atoms with Crippen LogP contribution in [0.25, 0.3) is 11.0 Å². The van der Waals surface area contributed by atoms with Crippen LogP contribution in [0.1, 0.15) is 16.1 Å². The van der Waals surface area contributed by atoms with Crippen LogP contribution in [0.15, 0.2) is 52.9 Å². The predicted molar refractivity (Wildman–Crippen MR) is 79.8 cm³/mol. The van der Waals surface area contributed by atoms with Crippen LogP contribution in [-0.4, -0.2) is 5.91 Å². The third kappa shape index (κ3) is 2.23. The predicted octanol–water partition coefficient (Wildman–Crippen LogP) is 3.58. The monoisotopic (exact) mass is 266 g/mol. The second-order valence-electron chi connectivity index (χ2n) is 4.67. The number of benzene rings is 2. The molecular weight excluding hydrogens is 252 g/mol. The molecule has 0 spiro atoms. The Hall–Kier alpha value is -2.75. The number of hydrogen-bond donors (Lipinski definition) is 2. The first-order chi connectivity index (χ1) is 9.63. The number of furan rings is 1. The second kappa shape index (κ2) is 4.74. The normalized spacial score (nSPS) is 10.7. The largest absolute Gasteiger partial charge is 0.451 e. The van der Waals surface area contributed by atoms with Crippen molar-refractivity contribution >= 4 is 28.3 Å². The molecule has 100 valence electrons. The minimum atomic E-state index is -0.273. The molecule has 1 aromatic heterocycles. The van der Waals surface area contributed by atoms with Crippen LogP contribution in [0.4, 0.5) is 11.4 Å². The fourth-order valence-corrected chi connectivity index (χ4v) is 2.04. The molecule has 4 nitrogen and oxygen atoms in total. The average molecular weight is 266 g/mol. The number of fused-ring (bicyclic) bond motifs is 1. The Kier molecular flexibility index (Phi) is 2.91. The second-order valence-corrected chi connectivity index (χ2v) is 4.67. The van der Waals surface area contributed by atoms with Gasteiger partial charge >= 0.3 is 0 Å². The molecule has 0 saturated carbocycles. The van der Waals surface area contributed by atoms with Gasteiger partial charge in [-0.05, 0) is 42.8 Å². The summed E-state index contributed by atoms with van der Waals surface area (Å²) >= 11 is 0. The molecule has 0 atom stereocenters. The highest BCUT2D eigenvalue weighted by molar-refractivity contribution is 6.04. The van der Waals surface area contributed by atoms with Gasteiger partial charge in [0, 0.05) is 16.8 Å². The van der Waals surface area contributed by atoms with Crippen molar-refractivity contribution in [2.75, 3.05) is 11.1 Å². The maximum atomic E-state index is 12.1. The summed E-state index contributed by atoms with van der Waals surface area (Å²) in [6.07, 6.45) is 0. The lowest BCUT2D eigenvalue weighted by atomic mass is 10.2. The van der Waals surface area contributed by atoms with E-state index in [0.717, 1.165) is 10.9 Å². The Morgan fingerprint density at radius 3 is 2.70 bits per heavy atom. The highest BCUT2D eigenvalue weighted by atomic mass is 16.3. The Morgan fingerprint density at radius 2 is 1.95 bits per heavy atom. The number of nitrogens with two attached hydrogens (primary N) is 1. The molecule has 4 heteroatoms. The molecule has 0 fully saturated rings. The lowest BCUT2D eigenvalue weighted by Crippen LogP contribution is -2.11. The van der Waals surface area contributed by atoms with E-state index >= 15 is 0 Å². The van der Waals surface area contributed by atoms with Gasteiger partial charge in [-0.1, -0.05) is 18.2 Å². The van der Waals surface area contributed by atoms with E-state index in [1.165, 1.54) is 0 Å². The number of anilines is 2. The van der Waals surface area contributed by atoms with E-state index in [9.17, 15) is 4.79 Å². The van der Waals surface area contributed by atoms with Gasteiger partial charge in [-0.15, -0.1) is 0 Å². The standard InChI is InChI=1S/C16H14N2O2/c1-10-8-12(6-7-13(10)17)18-16(19)15-9-11-4-2-3-5-14(11)20-15/h2-9H,17H2,1H3,(H,18,19). The molecule has 20 heavy (non-hydrogen) atoms. The molecule has 0 aliphatic heterocycles. The molecule has 0 saturated heterocycles. The Labute approximate surface area is 116 Å². The molecule has 1 heterocycles. The Bertz CT molecular complexity index is 757. The molecule has 3 N–H and O–H groups in total. The smallest absolute Gasteiger partial charge is 0.291 e. The van der Waals surface area contributed by atoms with Gasteiger partial charge < -0.3 is 15.5 Å². The van der Waals surface area contributed by atoms with Gasteiger partial charge in [0.2, 0.25) is 0 Å². The van der Waals surface area contributed by atoms with Gasteiger partial charge in [0.15, 0.2) is 5.76 Å². The molecule has 2 aromatic carbocycles. The quantitative estimate of drug-likeness (QED) is 0.697. The average Bonchev–Trinajstić information content (AvgIpc) is 2.87. The summed E-state index contributed by atoms with van der Waals surface area (Å²) in [6, 6.07) is 14.6. The molecule has 3 rings (SSSR count). The highest BCUT2D eigenvalue weighted by Gasteiger charge is 2.12. The number of nitrogen functional groups attached to an aromatic ring is 1. The summed E-state index contributed by atoms with van der Waals surface area (Å²) in [6.45, 7) is 1.90. The molecule has 3 aromatic rings. The summed E-state index contributed by atoms with van der Waals surface area (Å²) in [4.78, 5) is 12.1. The summed E-state index contributed by atoms with van der Waals surface area (Å²) in [5, 5.41) is 3.71. The summed E-state index contributed by atoms with van der Waals surface area (Å²) in [5.41, 5.74) is 8.77. The van der Waals surface area contributed by atoms with Crippen molar-refractivity contribution in [1.29, 1.82) is 0 Å². The van der Waals surface area contributed by atoms with Crippen LogP contribution >= 0.6 is 0 Å². The zero-order valence-electron chi connectivity index (χ0n) is 11.0. The maximum absolute atomic E-state index is 12.1. The zero-order chi connectivity index (χ0) is 14.1. The molecule has 0 bridgehead atoms. The SMILES string of the molecule is Cc1cc(NC(=O)c2cc3ccccc3o2)ccc1N. The molecular formula is C16H14N2O2. The number of amides is 1. The van der Waals surface area contributed by atoms with Crippen LogP contribution in [-0.2, 0) is 0 Å². The van der Waals surface area contributed by atoms with Gasteiger partial charge in [-0.3, -0.25) is 4.79 Å². The van der Waals surface area contributed by atoms with Crippen molar-refractivity contribution in [2.45, 2.75) is 6.92 Å². The van der Waals surface area contributed by atoms with Crippen LogP contribution in [0.2, 0.25) is 0 Å². The number of rotatable bonds is 2. The minimum absolute atomic E-state index is 0.273. The van der Waals surface area contributed by atoms with E-state index in [2.05, 4.69) is 5.32 Å². The van der Waals surface area contributed by atoms with Crippen molar-refractivity contribution in [3.05, 3.63) is 59.9 Å². The van der Waals surface area contributed by atoms with Crippen molar-refractivity contribution in [3.63, 3.8) is 0 Å². The summed E-state index contributed by atoms with van der Waals surface area (Å²) in [5.74, 6) is 0.0195. The fraction of sp³-hybridized carbons (Fsp3) is 0.0625. The molecule has 0 aliphatic carbocycles. The first kappa shape index (κ1) is 12.3. The van der Waals surface area contributed by atoms with Crippen molar-refractivity contribution in [1.82, 2.24) is 0 Å². The van der Waals surface area contributed by atoms with Crippen LogP contribution < -0.4 is 11.1 Å². The van der Waals surface area contributed by atoms with Gasteiger partial charge in [0.05, 0.1) is 0 Å². The van der Waals surface area contributed by atoms with Crippen molar-refractivity contribution in [2.24, 2.45) is 0 Å². The molecule has 0 unspecified atom stereocenters. The Balaban J connectivity index is 1.86. The Morgan fingerprint density at radius 1 is 1.15 bits per heavy atom. The highest BCUT2D eigenvalue weighted by Crippen LogP contribution is 2.21. The van der Waals surface area contributed by atoms with Crippen molar-refractivity contribution < 1.29 is 9.21 Å². The van der Waals surface area contributed by atoms with Crippen LogP contribution in [0.5, 0.6) is 0 Å². The van der Waals surface area contributed by atoms with E-state index in [1.54, 1.807) is 18.2 Å². The third-order valence-electron chi connectivity index (χ3n) is 3.18. The number of carbonyl (C=O) groups excluding carboxylic acids is 1. The van der Waals surface area contributed by atoms with E-state index in [4.69, 9.17) is 10.2 Å². The number of hydrogen-bond acceptors (Lipinski definition) is 3. The number of aryl methyl sites for hydroxylation is 1. The maximum Gasteiger partial charge on any atom is 0.291 e. The van der Waals surface area contributed by atoms with Crippen LogP contribution in [0, 0.1) is 6.92 Å². The van der Waals surface area contributed by atoms with E-state index in [-0.39, 0.29) is 5.91 Å². The van der Waals surface area contributed by atoms with Crippen LogP contribution in [0.3, 0.4) is 0 Å². The van der Waals surface area contributed by atoms with E-state index in [1.807, 2.05) is 37.3 Å². The number of para-hydroxylation sites is 1. The fourth-order valence-electron chi connectivity index (χ4n) is 2.04. The van der Waals surface area contributed by atoms with Gasteiger partial charge in [-0.2, -0.15) is 0 Å². The van der Waals surface area contributed by atoms with Gasteiger partial charge in [-0.25, -0.2) is 0 Å². The third-order valence-corrected chi connectivity index (χ3v) is 3.18. The molecule has 0 aliphatic rings. The lowest BCUT2D eigenvalue weighted by Gasteiger charge is -2.05. The number of nitrogens with one attached hydrogen (secondary N) is 1. The van der Waals surface area contributed by atoms with E-state index < -0.39 is 0 Å². The van der Waals surface area contributed by atoms with E-state index in [0.29, 0.717) is 22.7 Å². The first-order valence-corrected chi connectivity index (χ1v) is 6.29. The molecule has 1 amide bonds. The topological polar surface area (TPSA) is 68.3 Å². The molecule has 0 radical (unpaired) electrons. The van der Waals surface area contributed by atoms with Gasteiger partial charge in [0.25, 0.3) is 5.91 Å². The zero-order valence-corrected chi connectivity index (χ0v) is 11.0. The summed E-state index contributed by atoms with van der Waals surface area (Å²) < 4.78 is 5.52.